The fraction of sp³-hybridized carbons (Fsp3) is 0.647. The van der Waals surface area contributed by atoms with E-state index >= 15 is 0 Å². The second-order valence-electron chi connectivity index (χ2n) is 6.87. The van der Waals surface area contributed by atoms with Gasteiger partial charge in [0, 0.05) is 37.9 Å². The molecular formula is C17H22N2O3. The molecule has 1 aliphatic carbocycles. The Labute approximate surface area is 130 Å². The van der Waals surface area contributed by atoms with E-state index in [9.17, 15) is 4.79 Å². The van der Waals surface area contributed by atoms with Gasteiger partial charge in [-0.25, -0.2) is 9.78 Å². The van der Waals surface area contributed by atoms with Gasteiger partial charge >= 0.3 is 5.97 Å². The first kappa shape index (κ1) is 14.0. The second-order valence-corrected chi connectivity index (χ2v) is 6.87. The topological polar surface area (TPSA) is 51.7 Å². The Bertz CT molecular complexity index is 584. The Kier molecular flexibility index (Phi) is 3.33. The summed E-state index contributed by atoms with van der Waals surface area (Å²) >= 11 is 0. The normalized spacial score (nSPS) is 23.2. The number of esters is 1. The van der Waals surface area contributed by atoms with Crippen LogP contribution >= 0.6 is 0 Å². The number of hydrogen-bond acceptors (Lipinski definition) is 5. The minimum Gasteiger partial charge on any atom is -0.465 e. The maximum Gasteiger partial charge on any atom is 0.341 e. The molecule has 1 aromatic heterocycles. The summed E-state index contributed by atoms with van der Waals surface area (Å²) < 4.78 is 10.4. The summed E-state index contributed by atoms with van der Waals surface area (Å²) in [7, 11) is 1.44. The van der Waals surface area contributed by atoms with Crippen molar-refractivity contribution in [1.29, 1.82) is 0 Å². The van der Waals surface area contributed by atoms with Crippen LogP contribution in [0.15, 0.2) is 12.3 Å². The van der Waals surface area contributed by atoms with E-state index < -0.39 is 0 Å². The number of nitrogens with zero attached hydrogens (tertiary/aromatic N) is 2. The first-order chi connectivity index (χ1) is 10.7. The summed E-state index contributed by atoms with van der Waals surface area (Å²) in [5.74, 6) is 1.09. The maximum absolute atomic E-state index is 12.1. The number of rotatable bonds is 3. The molecule has 5 heteroatoms. The third kappa shape index (κ3) is 2.37. The quantitative estimate of drug-likeness (QED) is 0.802. The van der Waals surface area contributed by atoms with E-state index in [1.807, 2.05) is 12.3 Å². The Morgan fingerprint density at radius 2 is 2.09 bits per heavy atom. The number of methoxy groups -OCH3 is 1. The molecule has 3 fully saturated rings. The third-order valence-electron chi connectivity index (χ3n) is 5.25. The van der Waals surface area contributed by atoms with Crippen LogP contribution < -0.4 is 4.90 Å². The predicted molar refractivity (Wildman–Crippen MR) is 82.3 cm³/mol. The molecule has 0 N–H and O–H groups in total. The zero-order valence-corrected chi connectivity index (χ0v) is 13.0. The molecule has 1 saturated carbocycles. The number of carbonyl (C=O) groups excluding carboxylic acids is 1. The largest absolute Gasteiger partial charge is 0.465 e. The lowest BCUT2D eigenvalue weighted by Gasteiger charge is -2.53. The van der Waals surface area contributed by atoms with Crippen LogP contribution in [0.3, 0.4) is 0 Å². The van der Waals surface area contributed by atoms with Crippen molar-refractivity contribution < 1.29 is 14.3 Å². The molecule has 1 aromatic rings. The molecule has 0 aromatic carbocycles. The molecule has 5 nitrogen and oxygen atoms in total. The number of aromatic nitrogens is 1. The number of anilines is 1. The average Bonchev–Trinajstić information content (AvgIpc) is 3.37. The van der Waals surface area contributed by atoms with Gasteiger partial charge in [0.05, 0.1) is 7.11 Å². The van der Waals surface area contributed by atoms with Gasteiger partial charge in [-0.3, -0.25) is 0 Å². The van der Waals surface area contributed by atoms with E-state index in [0.29, 0.717) is 16.9 Å². The zero-order valence-electron chi connectivity index (χ0n) is 13.0. The molecule has 0 bridgehead atoms. The van der Waals surface area contributed by atoms with Crippen molar-refractivity contribution in [3.05, 3.63) is 23.4 Å². The van der Waals surface area contributed by atoms with Gasteiger partial charge < -0.3 is 14.4 Å². The predicted octanol–water partition coefficient (Wildman–Crippen LogP) is 2.36. The first-order valence-corrected chi connectivity index (χ1v) is 8.12. The molecule has 4 rings (SSSR count). The van der Waals surface area contributed by atoms with Gasteiger partial charge in [0.1, 0.15) is 11.4 Å². The maximum atomic E-state index is 12.1. The lowest BCUT2D eigenvalue weighted by molar-refractivity contribution is -0.000588. The van der Waals surface area contributed by atoms with Gasteiger partial charge in [0.2, 0.25) is 0 Å². The lowest BCUT2D eigenvalue weighted by Crippen LogP contribution is -2.59. The monoisotopic (exact) mass is 302 g/mol. The summed E-state index contributed by atoms with van der Waals surface area (Å²) in [5, 5.41) is 0. The molecule has 118 valence electrons. The molecule has 2 aliphatic heterocycles. The van der Waals surface area contributed by atoms with Crippen molar-refractivity contribution in [1.82, 2.24) is 4.98 Å². The van der Waals surface area contributed by atoms with Crippen LogP contribution in [-0.4, -0.2) is 44.4 Å². The zero-order chi connectivity index (χ0) is 15.2. The molecule has 0 atom stereocenters. The van der Waals surface area contributed by atoms with Crippen LogP contribution in [0.25, 0.3) is 0 Å². The Balaban J connectivity index is 1.57. The van der Waals surface area contributed by atoms with Gasteiger partial charge in [-0.1, -0.05) is 0 Å². The molecule has 0 amide bonds. The van der Waals surface area contributed by atoms with Crippen LogP contribution in [-0.2, 0) is 9.47 Å². The van der Waals surface area contributed by atoms with E-state index in [4.69, 9.17) is 9.47 Å². The highest BCUT2D eigenvalue weighted by atomic mass is 16.5. The second kappa shape index (κ2) is 5.23. The number of hydrogen-bond donors (Lipinski definition) is 0. The van der Waals surface area contributed by atoms with Gasteiger partial charge in [-0.2, -0.15) is 0 Å². The Morgan fingerprint density at radius 3 is 2.73 bits per heavy atom. The van der Waals surface area contributed by atoms with Gasteiger partial charge in [-0.05, 0) is 43.2 Å². The highest BCUT2D eigenvalue weighted by Crippen LogP contribution is 2.44. The van der Waals surface area contributed by atoms with E-state index in [2.05, 4.69) is 9.88 Å². The summed E-state index contributed by atoms with van der Waals surface area (Å²) in [6.45, 7) is 3.64. The van der Waals surface area contributed by atoms with E-state index in [1.165, 1.54) is 25.5 Å². The average molecular weight is 302 g/mol. The van der Waals surface area contributed by atoms with Crippen molar-refractivity contribution in [2.45, 2.75) is 31.6 Å². The highest BCUT2D eigenvalue weighted by molar-refractivity contribution is 5.95. The molecule has 22 heavy (non-hydrogen) atoms. The van der Waals surface area contributed by atoms with Crippen LogP contribution in [0.4, 0.5) is 5.82 Å². The number of pyridine rings is 1. The van der Waals surface area contributed by atoms with Crippen LogP contribution in [0, 0.1) is 5.41 Å². The number of carbonyl (C=O) groups is 1. The van der Waals surface area contributed by atoms with E-state index in [0.717, 1.165) is 45.0 Å². The molecule has 3 aliphatic rings. The molecule has 0 unspecified atom stereocenters. The molecular weight excluding hydrogens is 280 g/mol. The Hall–Kier alpha value is -1.62. The van der Waals surface area contributed by atoms with Crippen molar-refractivity contribution >= 4 is 11.8 Å². The van der Waals surface area contributed by atoms with Crippen LogP contribution in [0.1, 0.15) is 47.5 Å². The fourth-order valence-electron chi connectivity index (χ4n) is 3.66. The van der Waals surface area contributed by atoms with Gasteiger partial charge in [-0.15, -0.1) is 0 Å². The smallest absolute Gasteiger partial charge is 0.341 e. The van der Waals surface area contributed by atoms with Crippen LogP contribution in [0.2, 0.25) is 0 Å². The van der Waals surface area contributed by atoms with Gasteiger partial charge in [0.15, 0.2) is 0 Å². The van der Waals surface area contributed by atoms with E-state index in [1.54, 1.807) is 0 Å². The highest BCUT2D eigenvalue weighted by Gasteiger charge is 2.45. The molecule has 0 radical (unpaired) electrons. The minimum atomic E-state index is -0.280. The molecule has 1 spiro atoms. The van der Waals surface area contributed by atoms with Crippen molar-refractivity contribution in [3.8, 4) is 0 Å². The van der Waals surface area contributed by atoms with Crippen LogP contribution in [0.5, 0.6) is 0 Å². The fourth-order valence-corrected chi connectivity index (χ4v) is 3.66. The lowest BCUT2D eigenvalue weighted by atomic mass is 9.73. The van der Waals surface area contributed by atoms with Crippen molar-refractivity contribution in [2.24, 2.45) is 5.41 Å². The standard InChI is InChI=1S/C17H22N2O3/c1-21-16(20)14-8-13(12-2-3-12)9-18-15(14)19-10-17(11-19)4-6-22-7-5-17/h8-9,12H,2-7,10-11H2,1H3. The van der Waals surface area contributed by atoms with Crippen molar-refractivity contribution in [3.63, 3.8) is 0 Å². The SMILES string of the molecule is COC(=O)c1cc(C2CC2)cnc1N1CC2(CCOCC2)C1. The molecule has 3 heterocycles. The summed E-state index contributed by atoms with van der Waals surface area (Å²) in [4.78, 5) is 19.0. The van der Waals surface area contributed by atoms with Crippen molar-refractivity contribution in [2.75, 3.05) is 38.3 Å². The first-order valence-electron chi connectivity index (χ1n) is 8.12. The minimum absolute atomic E-state index is 0.280. The summed E-state index contributed by atoms with van der Waals surface area (Å²) in [5.41, 5.74) is 2.15. The molecule has 2 saturated heterocycles. The van der Waals surface area contributed by atoms with Gasteiger partial charge in [0.25, 0.3) is 0 Å². The third-order valence-corrected chi connectivity index (χ3v) is 5.25. The summed E-state index contributed by atoms with van der Waals surface area (Å²) in [6, 6.07) is 1.99. The Morgan fingerprint density at radius 1 is 1.36 bits per heavy atom. The number of ether oxygens (including phenoxy) is 2. The summed E-state index contributed by atoms with van der Waals surface area (Å²) in [6.07, 6.45) is 6.56. The van der Waals surface area contributed by atoms with E-state index in [-0.39, 0.29) is 5.97 Å².